The highest BCUT2D eigenvalue weighted by Gasteiger charge is 2.48. The molecule has 1 amide bonds. The second-order valence-corrected chi connectivity index (χ2v) is 5.81. The Morgan fingerprint density at radius 2 is 1.95 bits per heavy atom. The number of rotatable bonds is 1. The van der Waals surface area contributed by atoms with Crippen LogP contribution in [0.4, 0.5) is 18.0 Å². The number of likely N-dealkylation sites (tertiary alicyclic amines) is 1. The van der Waals surface area contributed by atoms with Gasteiger partial charge in [0.15, 0.2) is 0 Å². The molecule has 0 aliphatic carbocycles. The van der Waals surface area contributed by atoms with E-state index in [0.717, 1.165) is 4.90 Å². The zero-order valence-corrected chi connectivity index (χ0v) is 11.3. The summed E-state index contributed by atoms with van der Waals surface area (Å²) in [6.07, 6.45) is -5.04. The molecule has 1 saturated heterocycles. The highest BCUT2D eigenvalue weighted by atomic mass is 19.4. The van der Waals surface area contributed by atoms with Gasteiger partial charge in [-0.3, -0.25) is 0 Å². The van der Waals surface area contributed by atoms with Crippen LogP contribution in [0.2, 0.25) is 0 Å². The first-order valence-electron chi connectivity index (χ1n) is 6.20. The van der Waals surface area contributed by atoms with E-state index < -0.39 is 42.9 Å². The van der Waals surface area contributed by atoms with E-state index in [4.69, 9.17) is 9.84 Å². The monoisotopic (exact) mass is 283 g/mol. The van der Waals surface area contributed by atoms with E-state index in [-0.39, 0.29) is 13.0 Å². The predicted molar refractivity (Wildman–Crippen MR) is 62.5 cm³/mol. The van der Waals surface area contributed by atoms with Crippen molar-refractivity contribution in [3.8, 4) is 0 Å². The van der Waals surface area contributed by atoms with Crippen molar-refractivity contribution in [1.82, 2.24) is 4.90 Å². The Morgan fingerprint density at radius 1 is 1.37 bits per heavy atom. The molecule has 0 spiro atoms. The van der Waals surface area contributed by atoms with E-state index in [2.05, 4.69) is 0 Å². The molecule has 0 aromatic heterocycles. The first-order valence-corrected chi connectivity index (χ1v) is 6.20. The summed E-state index contributed by atoms with van der Waals surface area (Å²) in [5.41, 5.74) is -0.737. The lowest BCUT2D eigenvalue weighted by Crippen LogP contribution is -2.50. The number of hydrogen-bond acceptors (Lipinski definition) is 3. The summed E-state index contributed by atoms with van der Waals surface area (Å²) in [5.74, 6) is -2.54. The standard InChI is InChI=1S/C12H20F3NO3/c1-11(2,3)19-10(18)16-5-4-8(7-17)9(6-16)12(13,14)15/h8-9,17H,4-7H2,1-3H3/t8-,9-/m1/s1. The van der Waals surface area contributed by atoms with Gasteiger partial charge < -0.3 is 14.7 Å². The van der Waals surface area contributed by atoms with Crippen LogP contribution in [0.15, 0.2) is 0 Å². The van der Waals surface area contributed by atoms with Crippen LogP contribution in [0.3, 0.4) is 0 Å². The highest BCUT2D eigenvalue weighted by Crippen LogP contribution is 2.37. The van der Waals surface area contributed by atoms with Crippen LogP contribution in [-0.4, -0.2) is 47.6 Å². The van der Waals surface area contributed by atoms with Crippen molar-refractivity contribution in [2.45, 2.75) is 39.0 Å². The van der Waals surface area contributed by atoms with Gasteiger partial charge in [0, 0.05) is 19.7 Å². The molecule has 7 heteroatoms. The van der Waals surface area contributed by atoms with E-state index >= 15 is 0 Å². The Labute approximate surface area is 110 Å². The third-order valence-corrected chi connectivity index (χ3v) is 3.06. The number of aliphatic hydroxyl groups excluding tert-OH is 1. The number of aliphatic hydroxyl groups is 1. The van der Waals surface area contributed by atoms with E-state index in [1.54, 1.807) is 20.8 Å². The number of ether oxygens (including phenoxy) is 1. The molecule has 1 aliphatic heterocycles. The SMILES string of the molecule is CC(C)(C)OC(=O)N1CC[C@H](CO)[C@H](C(F)(F)F)C1. The number of piperidine rings is 1. The van der Waals surface area contributed by atoms with Gasteiger partial charge in [-0.05, 0) is 33.1 Å². The van der Waals surface area contributed by atoms with Crippen molar-refractivity contribution in [1.29, 1.82) is 0 Å². The number of hydrogen-bond donors (Lipinski definition) is 1. The molecule has 112 valence electrons. The zero-order chi connectivity index (χ0) is 14.8. The molecule has 1 N–H and O–H groups in total. The Kier molecular flexibility index (Phi) is 4.71. The lowest BCUT2D eigenvalue weighted by Gasteiger charge is -2.39. The molecule has 0 aromatic carbocycles. The first-order chi connectivity index (χ1) is 8.54. The second kappa shape index (κ2) is 5.56. The maximum atomic E-state index is 12.9. The molecule has 0 bridgehead atoms. The normalized spacial score (nSPS) is 25.3. The summed E-state index contributed by atoms with van der Waals surface area (Å²) in [4.78, 5) is 12.8. The minimum Gasteiger partial charge on any atom is -0.444 e. The van der Waals surface area contributed by atoms with Crippen molar-refractivity contribution in [3.05, 3.63) is 0 Å². The van der Waals surface area contributed by atoms with Crippen LogP contribution in [0, 0.1) is 11.8 Å². The number of nitrogens with zero attached hydrogens (tertiary/aromatic N) is 1. The Morgan fingerprint density at radius 3 is 2.37 bits per heavy atom. The van der Waals surface area contributed by atoms with E-state index in [1.165, 1.54) is 0 Å². The van der Waals surface area contributed by atoms with Crippen LogP contribution in [0.5, 0.6) is 0 Å². The van der Waals surface area contributed by atoms with Crippen molar-refractivity contribution in [2.24, 2.45) is 11.8 Å². The van der Waals surface area contributed by atoms with Gasteiger partial charge in [-0.1, -0.05) is 0 Å². The molecule has 1 rings (SSSR count). The van der Waals surface area contributed by atoms with Crippen LogP contribution in [0.25, 0.3) is 0 Å². The molecule has 0 saturated carbocycles. The minimum absolute atomic E-state index is 0.125. The Balaban J connectivity index is 2.72. The van der Waals surface area contributed by atoms with Crippen LogP contribution in [-0.2, 0) is 4.74 Å². The van der Waals surface area contributed by atoms with E-state index in [9.17, 15) is 18.0 Å². The van der Waals surface area contributed by atoms with Crippen molar-refractivity contribution in [2.75, 3.05) is 19.7 Å². The van der Waals surface area contributed by atoms with Gasteiger partial charge in [-0.15, -0.1) is 0 Å². The Bertz CT molecular complexity index is 325. The number of halogens is 3. The summed E-state index contributed by atoms with van der Waals surface area (Å²) < 4.78 is 43.7. The van der Waals surface area contributed by atoms with Gasteiger partial charge in [0.25, 0.3) is 0 Å². The second-order valence-electron chi connectivity index (χ2n) is 5.81. The molecule has 1 fully saturated rings. The summed E-state index contributed by atoms with van der Waals surface area (Å²) in [6, 6.07) is 0. The number of alkyl halides is 3. The average Bonchev–Trinajstić information content (AvgIpc) is 2.24. The van der Waals surface area contributed by atoms with Gasteiger partial charge in [0.05, 0.1) is 5.92 Å². The topological polar surface area (TPSA) is 49.8 Å². The van der Waals surface area contributed by atoms with Gasteiger partial charge in [-0.2, -0.15) is 13.2 Å². The predicted octanol–water partition coefficient (Wildman–Crippen LogP) is 2.41. The number of carbonyl (C=O) groups excluding carboxylic acids is 1. The fourth-order valence-electron chi connectivity index (χ4n) is 2.08. The van der Waals surface area contributed by atoms with E-state index in [0.29, 0.717) is 0 Å². The summed E-state index contributed by atoms with van der Waals surface area (Å²) >= 11 is 0. The molecular formula is C12H20F3NO3. The molecule has 2 atom stereocenters. The Hall–Kier alpha value is -0.980. The summed E-state index contributed by atoms with van der Waals surface area (Å²) in [7, 11) is 0. The van der Waals surface area contributed by atoms with Gasteiger partial charge in [0.2, 0.25) is 0 Å². The summed E-state index contributed by atoms with van der Waals surface area (Å²) in [5, 5.41) is 9.00. The third-order valence-electron chi connectivity index (χ3n) is 3.06. The van der Waals surface area contributed by atoms with Crippen molar-refractivity contribution in [3.63, 3.8) is 0 Å². The molecular weight excluding hydrogens is 263 g/mol. The highest BCUT2D eigenvalue weighted by molar-refractivity contribution is 5.68. The molecule has 0 aromatic rings. The van der Waals surface area contributed by atoms with Crippen LogP contribution < -0.4 is 0 Å². The summed E-state index contributed by atoms with van der Waals surface area (Å²) in [6.45, 7) is 4.18. The van der Waals surface area contributed by atoms with Crippen molar-refractivity contribution < 1.29 is 27.8 Å². The lowest BCUT2D eigenvalue weighted by atomic mass is 9.86. The quantitative estimate of drug-likeness (QED) is 0.804. The fraction of sp³-hybridized carbons (Fsp3) is 0.917. The minimum atomic E-state index is -4.42. The molecule has 1 heterocycles. The van der Waals surface area contributed by atoms with Crippen LogP contribution >= 0.6 is 0 Å². The van der Waals surface area contributed by atoms with Gasteiger partial charge in [-0.25, -0.2) is 4.79 Å². The third kappa shape index (κ3) is 4.56. The van der Waals surface area contributed by atoms with E-state index in [1.807, 2.05) is 0 Å². The van der Waals surface area contributed by atoms with Crippen molar-refractivity contribution >= 4 is 6.09 Å². The number of amides is 1. The molecule has 0 radical (unpaired) electrons. The maximum Gasteiger partial charge on any atom is 0.410 e. The average molecular weight is 283 g/mol. The van der Waals surface area contributed by atoms with Gasteiger partial charge in [0.1, 0.15) is 5.60 Å². The first kappa shape index (κ1) is 16.1. The zero-order valence-electron chi connectivity index (χ0n) is 11.3. The molecule has 0 unspecified atom stereocenters. The van der Waals surface area contributed by atoms with Crippen LogP contribution in [0.1, 0.15) is 27.2 Å². The number of carbonyl (C=O) groups is 1. The molecule has 4 nitrogen and oxygen atoms in total. The largest absolute Gasteiger partial charge is 0.444 e. The smallest absolute Gasteiger partial charge is 0.410 e. The lowest BCUT2D eigenvalue weighted by molar-refractivity contribution is -0.203. The molecule has 1 aliphatic rings. The maximum absolute atomic E-state index is 12.9. The molecule has 19 heavy (non-hydrogen) atoms. The van der Waals surface area contributed by atoms with Gasteiger partial charge >= 0.3 is 12.3 Å². The fourth-order valence-corrected chi connectivity index (χ4v) is 2.08.